The molecule has 0 bridgehead atoms. The van der Waals surface area contributed by atoms with Gasteiger partial charge in [0, 0.05) is 22.5 Å². The highest BCUT2D eigenvalue weighted by atomic mass is 35.5. The van der Waals surface area contributed by atoms with Gasteiger partial charge in [-0.25, -0.2) is 0 Å². The maximum Gasteiger partial charge on any atom is 0.119 e. The molecule has 1 aromatic rings. The number of halogens is 1. The lowest BCUT2D eigenvalue weighted by Gasteiger charge is -2.24. The maximum atomic E-state index is 9.59. The van der Waals surface area contributed by atoms with Gasteiger partial charge in [0.05, 0.1) is 0 Å². The third-order valence-electron chi connectivity index (χ3n) is 2.20. The van der Waals surface area contributed by atoms with Crippen LogP contribution in [-0.4, -0.2) is 11.7 Å². The van der Waals surface area contributed by atoms with E-state index in [1.54, 1.807) is 18.2 Å². The Labute approximate surface area is 83.3 Å². The second-order valence-electron chi connectivity index (χ2n) is 3.75. The van der Waals surface area contributed by atoms with E-state index in [0.29, 0.717) is 11.6 Å². The largest absolute Gasteiger partial charge is 0.508 e. The van der Waals surface area contributed by atoms with Gasteiger partial charge in [-0.1, -0.05) is 25.4 Å². The number of rotatable bonds is 2. The van der Waals surface area contributed by atoms with Gasteiger partial charge in [-0.2, -0.15) is 0 Å². The van der Waals surface area contributed by atoms with Gasteiger partial charge in [0.2, 0.25) is 0 Å². The van der Waals surface area contributed by atoms with Crippen molar-refractivity contribution in [3.05, 3.63) is 28.8 Å². The lowest BCUT2D eigenvalue weighted by molar-refractivity contribution is 0.438. The zero-order valence-corrected chi connectivity index (χ0v) is 8.60. The SMILES string of the molecule is CC(C)(CN)c1cc(Cl)ccc1O. The van der Waals surface area contributed by atoms with Crippen LogP contribution < -0.4 is 5.73 Å². The Hall–Kier alpha value is -0.730. The van der Waals surface area contributed by atoms with Crippen molar-refractivity contribution in [2.45, 2.75) is 19.3 Å². The molecule has 0 saturated heterocycles. The Balaban J connectivity index is 3.20. The summed E-state index contributed by atoms with van der Waals surface area (Å²) < 4.78 is 0. The third kappa shape index (κ3) is 2.14. The van der Waals surface area contributed by atoms with Crippen molar-refractivity contribution in [3.8, 4) is 5.75 Å². The van der Waals surface area contributed by atoms with Crippen LogP contribution in [0.2, 0.25) is 5.02 Å². The van der Waals surface area contributed by atoms with Crippen LogP contribution in [0, 0.1) is 0 Å². The highest BCUT2D eigenvalue weighted by Gasteiger charge is 2.22. The van der Waals surface area contributed by atoms with Crippen LogP contribution in [0.3, 0.4) is 0 Å². The highest BCUT2D eigenvalue weighted by Crippen LogP contribution is 2.32. The molecule has 2 nitrogen and oxygen atoms in total. The number of phenols is 1. The van der Waals surface area contributed by atoms with E-state index in [0.717, 1.165) is 5.56 Å². The van der Waals surface area contributed by atoms with Gasteiger partial charge in [-0.05, 0) is 18.2 Å². The summed E-state index contributed by atoms with van der Waals surface area (Å²) in [7, 11) is 0. The molecule has 0 aliphatic heterocycles. The summed E-state index contributed by atoms with van der Waals surface area (Å²) in [6, 6.07) is 5.01. The maximum absolute atomic E-state index is 9.59. The summed E-state index contributed by atoms with van der Waals surface area (Å²) in [4.78, 5) is 0. The molecular weight excluding hydrogens is 186 g/mol. The molecule has 13 heavy (non-hydrogen) atoms. The number of aromatic hydroxyl groups is 1. The molecule has 1 aromatic carbocycles. The van der Waals surface area contributed by atoms with E-state index >= 15 is 0 Å². The van der Waals surface area contributed by atoms with E-state index in [1.165, 1.54) is 0 Å². The van der Waals surface area contributed by atoms with Crippen LogP contribution in [-0.2, 0) is 5.41 Å². The van der Waals surface area contributed by atoms with E-state index in [4.69, 9.17) is 17.3 Å². The molecule has 0 unspecified atom stereocenters. The second kappa shape index (κ2) is 3.56. The van der Waals surface area contributed by atoms with Crippen molar-refractivity contribution in [1.29, 1.82) is 0 Å². The lowest BCUT2D eigenvalue weighted by atomic mass is 9.84. The molecule has 0 amide bonds. The average molecular weight is 200 g/mol. The molecule has 0 aromatic heterocycles. The molecule has 0 aliphatic carbocycles. The number of nitrogens with two attached hydrogens (primary N) is 1. The van der Waals surface area contributed by atoms with Gasteiger partial charge in [0.1, 0.15) is 5.75 Å². The summed E-state index contributed by atoms with van der Waals surface area (Å²) in [6.45, 7) is 4.41. The van der Waals surface area contributed by atoms with Crippen LogP contribution in [0.25, 0.3) is 0 Å². The van der Waals surface area contributed by atoms with Crippen molar-refractivity contribution in [3.63, 3.8) is 0 Å². The van der Waals surface area contributed by atoms with Crippen LogP contribution >= 0.6 is 11.6 Å². The van der Waals surface area contributed by atoms with E-state index < -0.39 is 0 Å². The Morgan fingerprint density at radius 1 is 1.46 bits per heavy atom. The van der Waals surface area contributed by atoms with Crippen LogP contribution in [0.15, 0.2) is 18.2 Å². The molecule has 0 saturated carbocycles. The Bertz CT molecular complexity index is 310. The molecule has 3 N–H and O–H groups in total. The zero-order chi connectivity index (χ0) is 10.1. The fraction of sp³-hybridized carbons (Fsp3) is 0.400. The molecule has 0 aliphatic rings. The van der Waals surface area contributed by atoms with Gasteiger partial charge in [-0.3, -0.25) is 0 Å². The van der Waals surface area contributed by atoms with E-state index in [2.05, 4.69) is 0 Å². The van der Waals surface area contributed by atoms with Crippen LogP contribution in [0.4, 0.5) is 0 Å². The molecule has 0 radical (unpaired) electrons. The van der Waals surface area contributed by atoms with E-state index in [9.17, 15) is 5.11 Å². The van der Waals surface area contributed by atoms with Crippen molar-refractivity contribution in [2.24, 2.45) is 5.73 Å². The van der Waals surface area contributed by atoms with Gasteiger partial charge < -0.3 is 10.8 Å². The molecule has 0 fully saturated rings. The van der Waals surface area contributed by atoms with E-state index in [1.807, 2.05) is 13.8 Å². The summed E-state index contributed by atoms with van der Waals surface area (Å²) in [5, 5.41) is 10.2. The van der Waals surface area contributed by atoms with Gasteiger partial charge in [0.15, 0.2) is 0 Å². The normalized spacial score (nSPS) is 11.7. The Kier molecular flexibility index (Phi) is 2.84. The summed E-state index contributed by atoms with van der Waals surface area (Å²) in [5.74, 6) is 0.250. The molecule has 0 spiro atoms. The van der Waals surface area contributed by atoms with Crippen molar-refractivity contribution in [2.75, 3.05) is 6.54 Å². The second-order valence-corrected chi connectivity index (χ2v) is 4.19. The molecule has 1 rings (SSSR count). The quantitative estimate of drug-likeness (QED) is 0.768. The minimum atomic E-state index is -0.241. The molecule has 0 atom stereocenters. The van der Waals surface area contributed by atoms with Crippen molar-refractivity contribution in [1.82, 2.24) is 0 Å². The van der Waals surface area contributed by atoms with Crippen molar-refractivity contribution >= 4 is 11.6 Å². The Morgan fingerprint density at radius 3 is 2.62 bits per heavy atom. The first-order valence-electron chi connectivity index (χ1n) is 4.16. The summed E-state index contributed by atoms with van der Waals surface area (Å²) in [5.41, 5.74) is 6.16. The lowest BCUT2D eigenvalue weighted by Crippen LogP contribution is -2.28. The van der Waals surface area contributed by atoms with Gasteiger partial charge in [0.25, 0.3) is 0 Å². The van der Waals surface area contributed by atoms with Crippen LogP contribution in [0.1, 0.15) is 19.4 Å². The molecular formula is C10H14ClNO. The zero-order valence-electron chi connectivity index (χ0n) is 7.84. The number of hydrogen-bond donors (Lipinski definition) is 2. The summed E-state index contributed by atoms with van der Waals surface area (Å²) in [6.07, 6.45) is 0. The predicted octanol–water partition coefficient (Wildman–Crippen LogP) is 2.28. The first-order valence-corrected chi connectivity index (χ1v) is 4.54. The predicted molar refractivity (Wildman–Crippen MR) is 55.2 cm³/mol. The first kappa shape index (κ1) is 10.4. The minimum Gasteiger partial charge on any atom is -0.508 e. The monoisotopic (exact) mass is 199 g/mol. The number of hydrogen-bond acceptors (Lipinski definition) is 2. The van der Waals surface area contributed by atoms with Gasteiger partial charge >= 0.3 is 0 Å². The third-order valence-corrected chi connectivity index (χ3v) is 2.43. The van der Waals surface area contributed by atoms with Gasteiger partial charge in [-0.15, -0.1) is 0 Å². The highest BCUT2D eigenvalue weighted by molar-refractivity contribution is 6.30. The average Bonchev–Trinajstić information content (AvgIpc) is 2.09. The van der Waals surface area contributed by atoms with E-state index in [-0.39, 0.29) is 11.2 Å². The van der Waals surface area contributed by atoms with Crippen molar-refractivity contribution < 1.29 is 5.11 Å². The summed E-state index contributed by atoms with van der Waals surface area (Å²) >= 11 is 5.83. The van der Waals surface area contributed by atoms with Crippen LogP contribution in [0.5, 0.6) is 5.75 Å². The standard InChI is InChI=1S/C10H14ClNO/c1-10(2,6-12)8-5-7(11)3-4-9(8)13/h3-5,13H,6,12H2,1-2H3. The molecule has 0 heterocycles. The molecule has 72 valence electrons. The number of benzene rings is 1. The fourth-order valence-electron chi connectivity index (χ4n) is 1.16. The number of phenolic OH excluding ortho intramolecular Hbond substituents is 1. The topological polar surface area (TPSA) is 46.2 Å². The first-order chi connectivity index (χ1) is 5.97. The fourth-order valence-corrected chi connectivity index (χ4v) is 1.33. The molecule has 3 heteroatoms. The minimum absolute atomic E-state index is 0.241. The smallest absolute Gasteiger partial charge is 0.119 e. The Morgan fingerprint density at radius 2 is 2.08 bits per heavy atom.